The maximum absolute atomic E-state index is 13.2. The summed E-state index contributed by atoms with van der Waals surface area (Å²) in [5.74, 6) is -0.275. The SMILES string of the molecule is CCOC(=O)c1c(COc2ccc(F)cc2)n(C)c2cc(Br)c(O)c(CN(C)C)c12.Cl. The minimum Gasteiger partial charge on any atom is -0.506 e. The molecule has 6 nitrogen and oxygen atoms in total. The van der Waals surface area contributed by atoms with Crippen LogP contribution in [0.4, 0.5) is 4.39 Å². The summed E-state index contributed by atoms with van der Waals surface area (Å²) in [5.41, 5.74) is 2.34. The molecule has 168 valence electrons. The Bertz CT molecular complexity index is 1080. The molecular formula is C22H25BrClFN2O4. The number of phenols is 1. The number of carbonyl (C=O) groups excluding carboxylic acids is 1. The van der Waals surface area contributed by atoms with E-state index < -0.39 is 5.97 Å². The van der Waals surface area contributed by atoms with Crippen molar-refractivity contribution < 1.29 is 23.8 Å². The summed E-state index contributed by atoms with van der Waals surface area (Å²) >= 11 is 3.41. The number of carbonyl (C=O) groups is 1. The summed E-state index contributed by atoms with van der Waals surface area (Å²) in [5, 5.41) is 11.3. The molecular weight excluding hydrogens is 491 g/mol. The van der Waals surface area contributed by atoms with Crippen LogP contribution >= 0.6 is 28.3 Å². The minimum atomic E-state index is -0.484. The number of hydrogen-bond acceptors (Lipinski definition) is 5. The van der Waals surface area contributed by atoms with E-state index in [4.69, 9.17) is 9.47 Å². The van der Waals surface area contributed by atoms with Gasteiger partial charge < -0.3 is 24.0 Å². The third kappa shape index (κ3) is 5.14. The Labute approximate surface area is 195 Å². The van der Waals surface area contributed by atoms with Crippen molar-refractivity contribution in [2.45, 2.75) is 20.1 Å². The van der Waals surface area contributed by atoms with E-state index in [1.54, 1.807) is 13.0 Å². The molecule has 3 rings (SSSR count). The summed E-state index contributed by atoms with van der Waals surface area (Å²) in [4.78, 5) is 14.8. The zero-order chi connectivity index (χ0) is 22.0. The zero-order valence-electron chi connectivity index (χ0n) is 17.7. The number of aromatic nitrogens is 1. The van der Waals surface area contributed by atoms with Crippen LogP contribution in [0.2, 0.25) is 0 Å². The van der Waals surface area contributed by atoms with E-state index in [0.29, 0.717) is 39.0 Å². The lowest BCUT2D eigenvalue weighted by Crippen LogP contribution is -2.13. The van der Waals surface area contributed by atoms with E-state index in [1.807, 2.05) is 30.6 Å². The standard InChI is InChI=1S/C22H24BrFN2O4.ClH/c1-5-29-22(28)20-18(12-30-14-8-6-13(24)7-9-14)26(4)17-10-16(23)21(27)15(19(17)20)11-25(2)3;/h6-10,27H,5,11-12H2,1-4H3;1H. The van der Waals surface area contributed by atoms with Gasteiger partial charge in [-0.15, -0.1) is 12.4 Å². The van der Waals surface area contributed by atoms with Crippen molar-refractivity contribution in [3.63, 3.8) is 0 Å². The molecule has 1 aromatic heterocycles. The average Bonchev–Trinajstić information content (AvgIpc) is 2.96. The Morgan fingerprint density at radius 2 is 1.90 bits per heavy atom. The smallest absolute Gasteiger partial charge is 0.340 e. The molecule has 9 heteroatoms. The third-order valence-corrected chi connectivity index (χ3v) is 5.39. The first-order valence-corrected chi connectivity index (χ1v) is 10.3. The monoisotopic (exact) mass is 514 g/mol. The van der Waals surface area contributed by atoms with Crippen molar-refractivity contribution in [3.05, 3.63) is 57.4 Å². The molecule has 0 saturated carbocycles. The molecule has 0 bridgehead atoms. The number of aryl methyl sites for hydroxylation is 1. The molecule has 1 N–H and O–H groups in total. The van der Waals surface area contributed by atoms with Gasteiger partial charge in [-0.25, -0.2) is 9.18 Å². The lowest BCUT2D eigenvalue weighted by molar-refractivity contribution is 0.0525. The van der Waals surface area contributed by atoms with Crippen LogP contribution in [0.25, 0.3) is 10.9 Å². The van der Waals surface area contributed by atoms with Gasteiger partial charge in [0.05, 0.1) is 27.9 Å². The van der Waals surface area contributed by atoms with Crippen LogP contribution < -0.4 is 4.74 Å². The Kier molecular flexibility index (Phi) is 8.34. The molecule has 0 unspecified atom stereocenters. The van der Waals surface area contributed by atoms with Gasteiger partial charge in [-0.3, -0.25) is 0 Å². The van der Waals surface area contributed by atoms with Gasteiger partial charge in [0.1, 0.15) is 23.9 Å². The zero-order valence-corrected chi connectivity index (χ0v) is 20.1. The predicted octanol–water partition coefficient (Wildman–Crippen LogP) is 5.02. The number of ether oxygens (including phenoxy) is 2. The normalized spacial score (nSPS) is 10.9. The van der Waals surface area contributed by atoms with E-state index in [2.05, 4.69) is 15.9 Å². The molecule has 0 aliphatic rings. The number of halogens is 3. The number of nitrogens with zero attached hydrogens (tertiary/aromatic N) is 2. The van der Waals surface area contributed by atoms with E-state index in [-0.39, 0.29) is 37.2 Å². The maximum Gasteiger partial charge on any atom is 0.340 e. The molecule has 31 heavy (non-hydrogen) atoms. The van der Waals surface area contributed by atoms with Crippen molar-refractivity contribution >= 4 is 45.2 Å². The highest BCUT2D eigenvalue weighted by Crippen LogP contribution is 2.40. The maximum atomic E-state index is 13.2. The van der Waals surface area contributed by atoms with Crippen molar-refractivity contribution in [2.75, 3.05) is 20.7 Å². The molecule has 2 aromatic carbocycles. The minimum absolute atomic E-state index is 0. The van der Waals surface area contributed by atoms with Crippen LogP contribution in [0.5, 0.6) is 11.5 Å². The van der Waals surface area contributed by atoms with Gasteiger partial charge in [-0.1, -0.05) is 0 Å². The molecule has 0 spiro atoms. The van der Waals surface area contributed by atoms with Crippen LogP contribution in [0, 0.1) is 5.82 Å². The molecule has 3 aromatic rings. The molecule has 0 amide bonds. The molecule has 0 atom stereocenters. The van der Waals surface area contributed by atoms with E-state index in [1.165, 1.54) is 24.3 Å². The number of rotatable bonds is 7. The van der Waals surface area contributed by atoms with Crippen LogP contribution in [-0.2, 0) is 24.9 Å². The lowest BCUT2D eigenvalue weighted by atomic mass is 10.0. The fraction of sp³-hybridized carbons (Fsp3) is 0.318. The Morgan fingerprint density at radius 1 is 1.26 bits per heavy atom. The second-order valence-corrected chi connectivity index (χ2v) is 8.02. The molecule has 0 radical (unpaired) electrons. The second kappa shape index (κ2) is 10.3. The highest BCUT2D eigenvalue weighted by atomic mass is 79.9. The number of phenolic OH excluding ortho intramolecular Hbond substituents is 1. The Morgan fingerprint density at radius 3 is 2.48 bits per heavy atom. The first-order valence-electron chi connectivity index (χ1n) is 9.46. The van der Waals surface area contributed by atoms with Crippen LogP contribution in [0.1, 0.15) is 28.5 Å². The second-order valence-electron chi connectivity index (χ2n) is 7.16. The fourth-order valence-corrected chi connectivity index (χ4v) is 3.88. The first-order chi connectivity index (χ1) is 14.2. The summed E-state index contributed by atoms with van der Waals surface area (Å²) in [6, 6.07) is 7.46. The van der Waals surface area contributed by atoms with E-state index in [0.717, 1.165) is 5.52 Å². The van der Waals surface area contributed by atoms with Gasteiger partial charge >= 0.3 is 5.97 Å². The van der Waals surface area contributed by atoms with Crippen LogP contribution in [0.3, 0.4) is 0 Å². The average molecular weight is 516 g/mol. The molecule has 1 heterocycles. The highest BCUT2D eigenvalue weighted by Gasteiger charge is 2.27. The predicted molar refractivity (Wildman–Crippen MR) is 124 cm³/mol. The summed E-state index contributed by atoms with van der Waals surface area (Å²) in [6.45, 7) is 2.46. The molecule has 0 aliphatic carbocycles. The number of benzene rings is 2. The van der Waals surface area contributed by atoms with Gasteiger partial charge in [-0.05, 0) is 67.3 Å². The number of hydrogen-bond donors (Lipinski definition) is 1. The topological polar surface area (TPSA) is 63.9 Å². The molecule has 0 saturated heterocycles. The highest BCUT2D eigenvalue weighted by molar-refractivity contribution is 9.10. The van der Waals surface area contributed by atoms with Crippen LogP contribution in [-0.4, -0.2) is 41.2 Å². The number of fused-ring (bicyclic) bond motifs is 1. The summed E-state index contributed by atoms with van der Waals surface area (Å²) in [7, 11) is 5.60. The van der Waals surface area contributed by atoms with Crippen molar-refractivity contribution in [3.8, 4) is 11.5 Å². The Hall–Kier alpha value is -2.29. The van der Waals surface area contributed by atoms with Gasteiger partial charge in [0.2, 0.25) is 0 Å². The third-order valence-electron chi connectivity index (χ3n) is 4.78. The quantitative estimate of drug-likeness (QED) is 0.448. The number of aromatic hydroxyl groups is 1. The summed E-state index contributed by atoms with van der Waals surface area (Å²) in [6.07, 6.45) is 0. The molecule has 0 fully saturated rings. The molecule has 0 aliphatic heterocycles. The van der Waals surface area contributed by atoms with Gasteiger partial charge in [0.25, 0.3) is 0 Å². The lowest BCUT2D eigenvalue weighted by Gasteiger charge is -2.15. The van der Waals surface area contributed by atoms with Crippen LogP contribution in [0.15, 0.2) is 34.8 Å². The van der Waals surface area contributed by atoms with Gasteiger partial charge in [-0.2, -0.15) is 0 Å². The summed E-state index contributed by atoms with van der Waals surface area (Å²) < 4.78 is 26.7. The van der Waals surface area contributed by atoms with E-state index >= 15 is 0 Å². The fourth-order valence-electron chi connectivity index (χ4n) is 3.42. The van der Waals surface area contributed by atoms with E-state index in [9.17, 15) is 14.3 Å². The van der Waals surface area contributed by atoms with Crippen molar-refractivity contribution in [2.24, 2.45) is 7.05 Å². The van der Waals surface area contributed by atoms with Crippen molar-refractivity contribution in [1.82, 2.24) is 9.47 Å². The number of esters is 1. The first kappa shape index (κ1) is 25.0. The largest absolute Gasteiger partial charge is 0.506 e. The Balaban J connectivity index is 0.00000341. The van der Waals surface area contributed by atoms with Crippen molar-refractivity contribution in [1.29, 1.82) is 0 Å². The van der Waals surface area contributed by atoms with Gasteiger partial charge in [0, 0.05) is 24.5 Å². The van der Waals surface area contributed by atoms with Gasteiger partial charge in [0.15, 0.2) is 0 Å².